The van der Waals surface area contributed by atoms with Crippen molar-refractivity contribution in [3.05, 3.63) is 96.2 Å². The monoisotopic (exact) mass is 479 g/mol. The first-order valence-electron chi connectivity index (χ1n) is 12.6. The van der Waals surface area contributed by atoms with Gasteiger partial charge in [0, 0.05) is 67.9 Å². The topological polar surface area (TPSA) is 51.7 Å². The number of aryl methyl sites for hydroxylation is 1. The van der Waals surface area contributed by atoms with Crippen LogP contribution in [-0.4, -0.2) is 55.7 Å². The van der Waals surface area contributed by atoms with Gasteiger partial charge in [-0.05, 0) is 67.4 Å². The molecule has 1 saturated heterocycles. The maximum Gasteiger partial charge on any atom is 0.326 e. The Kier molecular flexibility index (Phi) is 7.14. The number of carbonyl (C=O) groups is 1. The van der Waals surface area contributed by atoms with Crippen molar-refractivity contribution in [1.82, 2.24) is 9.88 Å². The predicted octanol–water partition coefficient (Wildman–Crippen LogP) is 5.58. The molecular formula is C30H33N5O. The molecule has 36 heavy (non-hydrogen) atoms. The van der Waals surface area contributed by atoms with E-state index in [9.17, 15) is 4.79 Å². The number of aromatic nitrogens is 1. The number of nitrogens with one attached hydrogen (secondary N) is 1. The van der Waals surface area contributed by atoms with E-state index in [4.69, 9.17) is 4.98 Å². The molecule has 1 N–H and O–H groups in total. The van der Waals surface area contributed by atoms with Crippen molar-refractivity contribution in [2.45, 2.75) is 13.3 Å². The van der Waals surface area contributed by atoms with E-state index in [2.05, 4.69) is 57.6 Å². The lowest BCUT2D eigenvalue weighted by Gasteiger charge is -2.36. The van der Waals surface area contributed by atoms with E-state index < -0.39 is 0 Å². The average Bonchev–Trinajstić information content (AvgIpc) is 2.92. The molecule has 0 unspecified atom stereocenters. The fraction of sp³-hybridized carbons (Fsp3) is 0.267. The standard InChI is InChI=1S/C30H33N5O/c1-23-14-15-27-28(31-23)12-7-13-29(27)35-20-18-34(19-21-35)17-16-24-8-6-9-25(22-24)32-30(36)33(2)26-10-4-3-5-11-26/h3-15,22H,16-21H2,1-2H3,(H,32,36). The van der Waals surface area contributed by atoms with Gasteiger partial charge in [0.1, 0.15) is 0 Å². The highest BCUT2D eigenvalue weighted by Crippen LogP contribution is 2.27. The van der Waals surface area contributed by atoms with Crippen molar-refractivity contribution in [3.8, 4) is 0 Å². The average molecular weight is 480 g/mol. The Labute approximate surface area is 213 Å². The molecule has 0 aliphatic carbocycles. The molecule has 6 heteroatoms. The zero-order valence-corrected chi connectivity index (χ0v) is 21.0. The maximum absolute atomic E-state index is 12.7. The first kappa shape index (κ1) is 23.8. The Hall–Kier alpha value is -3.90. The summed E-state index contributed by atoms with van der Waals surface area (Å²) in [6.45, 7) is 7.13. The number of carbonyl (C=O) groups excluding carboxylic acids is 1. The van der Waals surface area contributed by atoms with Crippen LogP contribution >= 0.6 is 0 Å². The lowest BCUT2D eigenvalue weighted by molar-refractivity contribution is 0.258. The molecular weight excluding hydrogens is 446 g/mol. The molecule has 0 spiro atoms. The zero-order chi connectivity index (χ0) is 24.9. The summed E-state index contributed by atoms with van der Waals surface area (Å²) in [5.74, 6) is 0. The van der Waals surface area contributed by atoms with E-state index in [1.54, 1.807) is 11.9 Å². The third kappa shape index (κ3) is 5.50. The van der Waals surface area contributed by atoms with Gasteiger partial charge in [0.05, 0.1) is 5.52 Å². The third-order valence-electron chi connectivity index (χ3n) is 6.90. The molecule has 3 aromatic carbocycles. The van der Waals surface area contributed by atoms with Crippen LogP contribution in [0.15, 0.2) is 84.9 Å². The molecule has 2 heterocycles. The van der Waals surface area contributed by atoms with Crippen LogP contribution in [0, 0.1) is 6.92 Å². The van der Waals surface area contributed by atoms with E-state index in [0.29, 0.717) is 0 Å². The van der Waals surface area contributed by atoms with Crippen molar-refractivity contribution >= 4 is 34.0 Å². The van der Waals surface area contributed by atoms with Crippen LogP contribution in [0.25, 0.3) is 10.9 Å². The minimum Gasteiger partial charge on any atom is -0.368 e. The smallest absolute Gasteiger partial charge is 0.326 e. The fourth-order valence-electron chi connectivity index (χ4n) is 4.80. The molecule has 1 aliphatic heterocycles. The molecule has 2 amide bonds. The molecule has 0 saturated carbocycles. The molecule has 6 nitrogen and oxygen atoms in total. The summed E-state index contributed by atoms with van der Waals surface area (Å²) in [4.78, 5) is 24.0. The second-order valence-electron chi connectivity index (χ2n) is 9.40. The largest absolute Gasteiger partial charge is 0.368 e. The highest BCUT2D eigenvalue weighted by Gasteiger charge is 2.19. The number of piperazine rings is 1. The number of anilines is 3. The van der Waals surface area contributed by atoms with Crippen LogP contribution in [0.2, 0.25) is 0 Å². The van der Waals surface area contributed by atoms with E-state index in [1.165, 1.54) is 16.6 Å². The van der Waals surface area contributed by atoms with Gasteiger partial charge in [0.25, 0.3) is 0 Å². The van der Waals surface area contributed by atoms with Crippen molar-refractivity contribution in [3.63, 3.8) is 0 Å². The zero-order valence-electron chi connectivity index (χ0n) is 21.0. The van der Waals surface area contributed by atoms with E-state index >= 15 is 0 Å². The van der Waals surface area contributed by atoms with Crippen LogP contribution < -0.4 is 15.1 Å². The second kappa shape index (κ2) is 10.8. The molecule has 184 valence electrons. The maximum atomic E-state index is 12.7. The van der Waals surface area contributed by atoms with Crippen molar-refractivity contribution in [2.24, 2.45) is 0 Å². The minimum atomic E-state index is -0.145. The Bertz CT molecular complexity index is 1330. The molecule has 1 aliphatic rings. The molecule has 0 radical (unpaired) electrons. The quantitative estimate of drug-likeness (QED) is 0.392. The predicted molar refractivity (Wildman–Crippen MR) is 149 cm³/mol. The van der Waals surface area contributed by atoms with Gasteiger partial charge in [0.15, 0.2) is 0 Å². The molecule has 1 fully saturated rings. The number of pyridine rings is 1. The summed E-state index contributed by atoms with van der Waals surface area (Å²) in [5.41, 5.74) is 6.31. The van der Waals surface area contributed by atoms with Gasteiger partial charge in [-0.25, -0.2) is 4.79 Å². The summed E-state index contributed by atoms with van der Waals surface area (Å²) in [6, 6.07) is 28.4. The number of benzene rings is 3. The first-order chi connectivity index (χ1) is 17.6. The highest BCUT2D eigenvalue weighted by atomic mass is 16.2. The molecule has 5 rings (SSSR count). The summed E-state index contributed by atoms with van der Waals surface area (Å²) in [5, 5.41) is 4.25. The van der Waals surface area contributed by atoms with Crippen LogP contribution in [-0.2, 0) is 6.42 Å². The summed E-state index contributed by atoms with van der Waals surface area (Å²) in [7, 11) is 1.78. The Morgan fingerprint density at radius 2 is 1.69 bits per heavy atom. The first-order valence-corrected chi connectivity index (χ1v) is 12.6. The van der Waals surface area contributed by atoms with Crippen LogP contribution in [0.1, 0.15) is 11.3 Å². The molecule has 0 bridgehead atoms. The van der Waals surface area contributed by atoms with Crippen molar-refractivity contribution < 1.29 is 4.79 Å². The van der Waals surface area contributed by atoms with Crippen molar-refractivity contribution in [2.75, 3.05) is 54.9 Å². The third-order valence-corrected chi connectivity index (χ3v) is 6.90. The lowest BCUT2D eigenvalue weighted by Crippen LogP contribution is -2.47. The van der Waals surface area contributed by atoms with Gasteiger partial charge in [-0.3, -0.25) is 14.8 Å². The lowest BCUT2D eigenvalue weighted by atomic mass is 10.1. The van der Waals surface area contributed by atoms with Crippen LogP contribution in [0.3, 0.4) is 0 Å². The number of fused-ring (bicyclic) bond motifs is 1. The van der Waals surface area contributed by atoms with Gasteiger partial charge in [-0.15, -0.1) is 0 Å². The minimum absolute atomic E-state index is 0.145. The molecule has 0 atom stereocenters. The SMILES string of the molecule is Cc1ccc2c(N3CCN(CCc4cccc(NC(=O)N(C)c5ccccc5)c4)CC3)cccc2n1. The number of hydrogen-bond acceptors (Lipinski definition) is 4. The molecule has 4 aromatic rings. The van der Waals surface area contributed by atoms with Crippen LogP contribution in [0.4, 0.5) is 21.9 Å². The Balaban J connectivity index is 1.14. The second-order valence-corrected chi connectivity index (χ2v) is 9.40. The number of rotatable bonds is 6. The summed E-state index contributed by atoms with van der Waals surface area (Å²) in [6.07, 6.45) is 0.954. The normalized spacial score (nSPS) is 14.1. The van der Waals surface area contributed by atoms with Gasteiger partial charge in [0.2, 0.25) is 0 Å². The Morgan fingerprint density at radius 3 is 2.50 bits per heavy atom. The van der Waals surface area contributed by atoms with E-state index in [1.807, 2.05) is 49.4 Å². The van der Waals surface area contributed by atoms with Gasteiger partial charge < -0.3 is 10.2 Å². The van der Waals surface area contributed by atoms with Crippen molar-refractivity contribution in [1.29, 1.82) is 0 Å². The fourth-order valence-corrected chi connectivity index (χ4v) is 4.80. The summed E-state index contributed by atoms with van der Waals surface area (Å²) >= 11 is 0. The number of urea groups is 1. The number of amides is 2. The van der Waals surface area contributed by atoms with E-state index in [0.717, 1.165) is 61.7 Å². The van der Waals surface area contributed by atoms with Crippen LogP contribution in [0.5, 0.6) is 0 Å². The summed E-state index contributed by atoms with van der Waals surface area (Å²) < 4.78 is 0. The van der Waals surface area contributed by atoms with Gasteiger partial charge in [-0.2, -0.15) is 0 Å². The number of nitrogens with zero attached hydrogens (tertiary/aromatic N) is 4. The van der Waals surface area contributed by atoms with Gasteiger partial charge >= 0.3 is 6.03 Å². The van der Waals surface area contributed by atoms with E-state index in [-0.39, 0.29) is 6.03 Å². The number of para-hydroxylation sites is 1. The highest BCUT2D eigenvalue weighted by molar-refractivity contribution is 6.01. The number of hydrogen-bond donors (Lipinski definition) is 1. The van der Waals surface area contributed by atoms with Gasteiger partial charge in [-0.1, -0.05) is 36.4 Å². The Morgan fingerprint density at radius 1 is 0.917 bits per heavy atom. The molecule has 1 aromatic heterocycles.